The first-order valence-electron chi connectivity index (χ1n) is 8.23. The monoisotopic (exact) mass is 346 g/mol. The number of amides is 1. The predicted octanol–water partition coefficient (Wildman–Crippen LogP) is 2.67. The second-order valence-electron chi connectivity index (χ2n) is 6.00. The number of aromatic amines is 1. The molecule has 7 heteroatoms. The fourth-order valence-corrected chi connectivity index (χ4v) is 2.90. The summed E-state index contributed by atoms with van der Waals surface area (Å²) >= 11 is 0. The molecule has 0 radical (unpaired) electrons. The third kappa shape index (κ3) is 2.90. The Hall–Kier alpha value is -3.61. The lowest BCUT2D eigenvalue weighted by Gasteiger charge is -2.08. The van der Waals surface area contributed by atoms with Crippen LogP contribution < -0.4 is 16.4 Å². The smallest absolute Gasteiger partial charge is 0.251 e. The van der Waals surface area contributed by atoms with Gasteiger partial charge in [0.25, 0.3) is 5.91 Å². The molecule has 26 heavy (non-hydrogen) atoms. The van der Waals surface area contributed by atoms with Gasteiger partial charge in [-0.15, -0.1) is 0 Å². The average molecular weight is 346 g/mol. The second-order valence-corrected chi connectivity index (χ2v) is 6.00. The first-order valence-corrected chi connectivity index (χ1v) is 8.23. The van der Waals surface area contributed by atoms with Crippen molar-refractivity contribution in [2.24, 2.45) is 0 Å². The number of hydrogen-bond acceptors (Lipinski definition) is 5. The standard InChI is InChI=1S/C19H18N6O/c1-21-19-24-16-8-11(2-4-14(16)17(20)25-19)10-23-18(26)13-3-5-15-12(9-13)6-7-22-15/h2-9,22H,10H2,1H3,(H,23,26)(H3,20,21,24,25). The minimum atomic E-state index is -0.119. The second kappa shape index (κ2) is 6.36. The normalized spacial score (nSPS) is 11.0. The minimum absolute atomic E-state index is 0.119. The van der Waals surface area contributed by atoms with E-state index < -0.39 is 0 Å². The highest BCUT2D eigenvalue weighted by Crippen LogP contribution is 2.21. The van der Waals surface area contributed by atoms with Gasteiger partial charge in [-0.25, -0.2) is 4.98 Å². The van der Waals surface area contributed by atoms with Crippen LogP contribution in [0.15, 0.2) is 48.7 Å². The number of rotatable bonds is 4. The van der Waals surface area contributed by atoms with Crippen LogP contribution in [-0.2, 0) is 6.54 Å². The van der Waals surface area contributed by atoms with Crippen LogP contribution in [0.4, 0.5) is 11.8 Å². The number of carbonyl (C=O) groups excluding carboxylic acids is 1. The largest absolute Gasteiger partial charge is 0.383 e. The molecule has 0 bridgehead atoms. The Bertz CT molecular complexity index is 1120. The maximum atomic E-state index is 12.4. The van der Waals surface area contributed by atoms with E-state index in [1.54, 1.807) is 7.05 Å². The molecule has 0 aliphatic carbocycles. The zero-order chi connectivity index (χ0) is 18.1. The summed E-state index contributed by atoms with van der Waals surface area (Å²) in [7, 11) is 1.74. The Morgan fingerprint density at radius 2 is 2.04 bits per heavy atom. The van der Waals surface area contributed by atoms with Gasteiger partial charge in [0, 0.05) is 41.6 Å². The Kier molecular flexibility index (Phi) is 3.89. The highest BCUT2D eigenvalue weighted by atomic mass is 16.1. The summed E-state index contributed by atoms with van der Waals surface area (Å²) < 4.78 is 0. The van der Waals surface area contributed by atoms with Gasteiger partial charge in [0.1, 0.15) is 5.82 Å². The van der Waals surface area contributed by atoms with Crippen molar-refractivity contribution in [3.05, 3.63) is 59.8 Å². The SMILES string of the molecule is CNc1nc(N)c2ccc(CNC(=O)c3ccc4[nH]ccc4c3)cc2n1. The van der Waals surface area contributed by atoms with Crippen molar-refractivity contribution in [1.82, 2.24) is 20.3 Å². The van der Waals surface area contributed by atoms with Crippen LogP contribution in [0.1, 0.15) is 15.9 Å². The molecule has 2 aromatic heterocycles. The van der Waals surface area contributed by atoms with Crippen LogP contribution >= 0.6 is 0 Å². The molecule has 4 aromatic rings. The lowest BCUT2D eigenvalue weighted by atomic mass is 10.1. The van der Waals surface area contributed by atoms with Gasteiger partial charge >= 0.3 is 0 Å². The van der Waals surface area contributed by atoms with E-state index in [-0.39, 0.29) is 5.91 Å². The molecule has 0 saturated heterocycles. The van der Waals surface area contributed by atoms with Crippen molar-refractivity contribution in [3.8, 4) is 0 Å². The van der Waals surface area contributed by atoms with E-state index in [2.05, 4.69) is 25.6 Å². The van der Waals surface area contributed by atoms with E-state index in [9.17, 15) is 4.79 Å². The number of nitrogens with zero attached hydrogens (tertiary/aromatic N) is 2. The summed E-state index contributed by atoms with van der Waals surface area (Å²) in [4.78, 5) is 24.1. The summed E-state index contributed by atoms with van der Waals surface area (Å²) in [5.74, 6) is 0.775. The lowest BCUT2D eigenvalue weighted by molar-refractivity contribution is 0.0951. The van der Waals surface area contributed by atoms with Crippen molar-refractivity contribution in [2.45, 2.75) is 6.54 Å². The van der Waals surface area contributed by atoms with E-state index in [1.165, 1.54) is 0 Å². The van der Waals surface area contributed by atoms with Gasteiger partial charge in [-0.3, -0.25) is 4.79 Å². The lowest BCUT2D eigenvalue weighted by Crippen LogP contribution is -2.22. The molecule has 2 heterocycles. The third-order valence-electron chi connectivity index (χ3n) is 4.28. The fraction of sp³-hybridized carbons (Fsp3) is 0.105. The number of carbonyl (C=O) groups is 1. The number of nitrogens with one attached hydrogen (secondary N) is 3. The highest BCUT2D eigenvalue weighted by molar-refractivity contribution is 5.98. The number of anilines is 2. The number of fused-ring (bicyclic) bond motifs is 2. The third-order valence-corrected chi connectivity index (χ3v) is 4.28. The van der Waals surface area contributed by atoms with Crippen LogP contribution in [0.2, 0.25) is 0 Å². The number of aromatic nitrogens is 3. The quantitative estimate of drug-likeness (QED) is 0.454. The zero-order valence-corrected chi connectivity index (χ0v) is 14.2. The van der Waals surface area contributed by atoms with Crippen molar-refractivity contribution in [3.63, 3.8) is 0 Å². The van der Waals surface area contributed by atoms with Crippen molar-refractivity contribution >= 4 is 39.5 Å². The summed E-state index contributed by atoms with van der Waals surface area (Å²) in [5.41, 5.74) is 9.27. The van der Waals surface area contributed by atoms with Crippen LogP contribution in [0, 0.1) is 0 Å². The Morgan fingerprint density at radius 1 is 1.15 bits per heavy atom. The molecule has 0 atom stereocenters. The molecular formula is C19H18N6O. The first kappa shape index (κ1) is 15.9. The predicted molar refractivity (Wildman–Crippen MR) is 103 cm³/mol. The Morgan fingerprint density at radius 3 is 2.88 bits per heavy atom. The zero-order valence-electron chi connectivity index (χ0n) is 14.2. The van der Waals surface area contributed by atoms with Gasteiger partial charge in [0.15, 0.2) is 0 Å². The average Bonchev–Trinajstić information content (AvgIpc) is 3.13. The van der Waals surface area contributed by atoms with E-state index in [0.717, 1.165) is 27.4 Å². The molecule has 4 rings (SSSR count). The van der Waals surface area contributed by atoms with E-state index in [0.29, 0.717) is 23.9 Å². The Labute approximate surface area is 149 Å². The molecule has 0 spiro atoms. The molecular weight excluding hydrogens is 328 g/mol. The molecule has 5 N–H and O–H groups in total. The summed E-state index contributed by atoms with van der Waals surface area (Å²) in [5, 5.41) is 7.63. The summed E-state index contributed by atoms with van der Waals surface area (Å²) in [6.07, 6.45) is 1.86. The minimum Gasteiger partial charge on any atom is -0.383 e. The van der Waals surface area contributed by atoms with Gasteiger partial charge in [-0.05, 0) is 42.0 Å². The molecule has 130 valence electrons. The molecule has 0 unspecified atom stereocenters. The molecule has 0 fully saturated rings. The molecule has 1 amide bonds. The number of hydrogen-bond donors (Lipinski definition) is 4. The molecule has 0 aliphatic heterocycles. The van der Waals surface area contributed by atoms with Gasteiger partial charge in [0.05, 0.1) is 5.52 Å². The number of nitrogen functional groups attached to an aromatic ring is 1. The van der Waals surface area contributed by atoms with Crippen LogP contribution in [-0.4, -0.2) is 27.9 Å². The fourth-order valence-electron chi connectivity index (χ4n) is 2.90. The van der Waals surface area contributed by atoms with Crippen molar-refractivity contribution in [1.29, 1.82) is 0 Å². The number of nitrogens with two attached hydrogens (primary N) is 1. The highest BCUT2D eigenvalue weighted by Gasteiger charge is 2.09. The maximum absolute atomic E-state index is 12.4. The van der Waals surface area contributed by atoms with Gasteiger partial charge in [0.2, 0.25) is 5.95 Å². The van der Waals surface area contributed by atoms with E-state index in [1.807, 2.05) is 48.7 Å². The number of benzene rings is 2. The van der Waals surface area contributed by atoms with Gasteiger partial charge in [-0.1, -0.05) is 6.07 Å². The molecule has 0 saturated carbocycles. The maximum Gasteiger partial charge on any atom is 0.251 e. The molecule has 7 nitrogen and oxygen atoms in total. The van der Waals surface area contributed by atoms with E-state index in [4.69, 9.17) is 5.73 Å². The molecule has 0 aliphatic rings. The van der Waals surface area contributed by atoms with Gasteiger partial charge in [-0.2, -0.15) is 4.98 Å². The van der Waals surface area contributed by atoms with Crippen LogP contribution in [0.5, 0.6) is 0 Å². The van der Waals surface area contributed by atoms with E-state index >= 15 is 0 Å². The number of H-pyrrole nitrogens is 1. The topological polar surface area (TPSA) is 109 Å². The summed E-state index contributed by atoms with van der Waals surface area (Å²) in [6.45, 7) is 0.402. The van der Waals surface area contributed by atoms with Crippen LogP contribution in [0.3, 0.4) is 0 Å². The van der Waals surface area contributed by atoms with Crippen LogP contribution in [0.25, 0.3) is 21.8 Å². The molecule has 2 aromatic carbocycles. The summed E-state index contributed by atoms with van der Waals surface area (Å²) in [6, 6.07) is 13.2. The first-order chi connectivity index (χ1) is 12.6. The van der Waals surface area contributed by atoms with Gasteiger partial charge < -0.3 is 21.4 Å². The Balaban J connectivity index is 1.54. The van der Waals surface area contributed by atoms with Crippen molar-refractivity contribution in [2.75, 3.05) is 18.1 Å². The van der Waals surface area contributed by atoms with Crippen molar-refractivity contribution < 1.29 is 4.79 Å².